The number of benzene rings is 1. The summed E-state index contributed by atoms with van der Waals surface area (Å²) >= 11 is 1.40. The first-order valence-electron chi connectivity index (χ1n) is 8.75. The van der Waals surface area contributed by atoms with Gasteiger partial charge in [0.15, 0.2) is 10.2 Å². The van der Waals surface area contributed by atoms with E-state index in [0.29, 0.717) is 16.6 Å². The van der Waals surface area contributed by atoms with Crippen molar-refractivity contribution in [3.05, 3.63) is 53.4 Å². The number of aromatic nitrogens is 3. The zero-order chi connectivity index (χ0) is 20.9. The maximum atomic E-state index is 12.2. The molecule has 2 heterocycles. The maximum Gasteiger partial charge on any atom is 0.307 e. The van der Waals surface area contributed by atoms with Crippen molar-refractivity contribution in [1.82, 2.24) is 19.3 Å². The highest BCUT2D eigenvalue weighted by molar-refractivity contribution is 7.89. The molecule has 0 amide bonds. The molecule has 0 fully saturated rings. The van der Waals surface area contributed by atoms with Gasteiger partial charge in [-0.05, 0) is 19.1 Å². The Bertz CT molecular complexity index is 1060. The lowest BCUT2D eigenvalue weighted by molar-refractivity contribution is -0.144. The van der Waals surface area contributed by atoms with E-state index in [2.05, 4.69) is 20.0 Å². The number of para-hydroxylation sites is 1. The molecule has 2 aromatic heterocycles. The van der Waals surface area contributed by atoms with Gasteiger partial charge in [-0.1, -0.05) is 18.2 Å². The molecule has 2 N–H and O–H groups in total. The van der Waals surface area contributed by atoms with Gasteiger partial charge in [-0.25, -0.2) is 23.1 Å². The van der Waals surface area contributed by atoms with Crippen molar-refractivity contribution in [3.8, 4) is 0 Å². The first kappa shape index (κ1) is 21.0. The van der Waals surface area contributed by atoms with E-state index in [-0.39, 0.29) is 24.6 Å². The summed E-state index contributed by atoms with van der Waals surface area (Å²) in [5, 5.41) is 5.58. The third kappa shape index (κ3) is 5.86. The molecule has 0 spiro atoms. The molecule has 0 radical (unpaired) electrons. The Morgan fingerprint density at radius 2 is 2.00 bits per heavy atom. The number of ether oxygens (including phenoxy) is 1. The number of sulfonamides is 1. The summed E-state index contributed by atoms with van der Waals surface area (Å²) in [7, 11) is -2.05. The Labute approximate surface area is 172 Å². The average molecular weight is 436 g/mol. The van der Waals surface area contributed by atoms with Crippen LogP contribution in [0.15, 0.2) is 46.9 Å². The van der Waals surface area contributed by atoms with Crippen LogP contribution in [0.1, 0.15) is 17.9 Å². The Morgan fingerprint density at radius 3 is 2.69 bits per heavy atom. The quantitative estimate of drug-likeness (QED) is 0.496. The monoisotopic (exact) mass is 435 g/mol. The third-order valence-electron chi connectivity index (χ3n) is 3.94. The molecule has 9 nitrogen and oxygen atoms in total. The van der Waals surface area contributed by atoms with Crippen molar-refractivity contribution in [2.24, 2.45) is 7.05 Å². The molecule has 3 aromatic rings. The second kappa shape index (κ2) is 9.16. The molecule has 0 atom stereocenters. The molecule has 0 saturated carbocycles. The number of hydrogen-bond acceptors (Lipinski definition) is 8. The van der Waals surface area contributed by atoms with Crippen LogP contribution >= 0.6 is 11.3 Å². The standard InChI is InChI=1S/C18H21N5O4S2/c1-13-20-16(10-23(13)2)29(25,26)19-9-8-17(24)27-11-15-12-28-18(22-15)21-14-6-4-3-5-7-14/h3-7,10,12,19H,8-9,11H2,1-2H3,(H,21,22). The summed E-state index contributed by atoms with van der Waals surface area (Å²) in [6.45, 7) is 1.66. The molecule has 154 valence electrons. The van der Waals surface area contributed by atoms with Gasteiger partial charge >= 0.3 is 5.97 Å². The smallest absolute Gasteiger partial charge is 0.307 e. The first-order valence-corrected chi connectivity index (χ1v) is 11.1. The normalized spacial score (nSPS) is 11.4. The Kier molecular flexibility index (Phi) is 6.62. The summed E-state index contributed by atoms with van der Waals surface area (Å²) in [4.78, 5) is 20.2. The molecule has 0 aliphatic carbocycles. The number of thiazole rings is 1. The first-order chi connectivity index (χ1) is 13.8. The number of imidazole rings is 1. The molecule has 11 heteroatoms. The molecule has 0 unspecified atom stereocenters. The van der Waals surface area contributed by atoms with E-state index in [1.165, 1.54) is 17.5 Å². The van der Waals surface area contributed by atoms with Crippen molar-refractivity contribution < 1.29 is 17.9 Å². The summed E-state index contributed by atoms with van der Waals surface area (Å²) in [6.07, 6.45) is 1.32. The molecule has 1 aromatic carbocycles. The van der Waals surface area contributed by atoms with E-state index >= 15 is 0 Å². The lowest BCUT2D eigenvalue weighted by Crippen LogP contribution is -2.27. The van der Waals surface area contributed by atoms with Crippen LogP contribution in [0.25, 0.3) is 0 Å². The number of esters is 1. The number of carbonyl (C=O) groups excluding carboxylic acids is 1. The van der Waals surface area contributed by atoms with Gasteiger partial charge in [-0.2, -0.15) is 0 Å². The molecule has 0 aliphatic heterocycles. The lowest BCUT2D eigenvalue weighted by atomic mass is 10.3. The average Bonchev–Trinajstić information content (AvgIpc) is 3.27. The highest BCUT2D eigenvalue weighted by Gasteiger charge is 2.18. The van der Waals surface area contributed by atoms with E-state index in [4.69, 9.17) is 4.74 Å². The van der Waals surface area contributed by atoms with E-state index in [1.54, 1.807) is 23.9 Å². The van der Waals surface area contributed by atoms with Gasteiger partial charge in [0.1, 0.15) is 12.4 Å². The highest BCUT2D eigenvalue weighted by atomic mass is 32.2. The fourth-order valence-electron chi connectivity index (χ4n) is 2.32. The molecular weight excluding hydrogens is 414 g/mol. The maximum absolute atomic E-state index is 12.2. The van der Waals surface area contributed by atoms with E-state index < -0.39 is 16.0 Å². The molecule has 29 heavy (non-hydrogen) atoms. The van der Waals surface area contributed by atoms with Crippen LogP contribution in [0, 0.1) is 6.92 Å². The zero-order valence-corrected chi connectivity index (χ0v) is 17.6. The van der Waals surface area contributed by atoms with E-state index in [0.717, 1.165) is 5.69 Å². The van der Waals surface area contributed by atoms with Crippen molar-refractivity contribution in [1.29, 1.82) is 0 Å². The second-order valence-electron chi connectivity index (χ2n) is 6.18. The fraction of sp³-hybridized carbons (Fsp3) is 0.278. The van der Waals surface area contributed by atoms with Crippen molar-refractivity contribution in [2.75, 3.05) is 11.9 Å². The predicted octanol–water partition coefficient (Wildman–Crippen LogP) is 2.34. The molecule has 0 saturated heterocycles. The molecular formula is C18H21N5O4S2. The number of aryl methyl sites for hydroxylation is 2. The summed E-state index contributed by atoms with van der Waals surface area (Å²) < 4.78 is 33.4. The number of rotatable bonds is 9. The number of anilines is 2. The van der Waals surface area contributed by atoms with Crippen LogP contribution in [0.2, 0.25) is 0 Å². The third-order valence-corrected chi connectivity index (χ3v) is 6.08. The Balaban J connectivity index is 1.42. The number of hydrogen-bond donors (Lipinski definition) is 2. The second-order valence-corrected chi connectivity index (χ2v) is 8.75. The zero-order valence-electron chi connectivity index (χ0n) is 16.0. The lowest BCUT2D eigenvalue weighted by Gasteiger charge is -2.05. The van der Waals surface area contributed by atoms with Crippen molar-refractivity contribution >= 4 is 38.1 Å². The molecule has 0 aliphatic rings. The van der Waals surface area contributed by atoms with E-state index in [1.807, 2.05) is 30.3 Å². The van der Waals surface area contributed by atoms with Crippen LogP contribution in [0.5, 0.6) is 0 Å². The summed E-state index contributed by atoms with van der Waals surface area (Å²) in [5.74, 6) is 0.0599. The van der Waals surface area contributed by atoms with Gasteiger partial charge in [-0.3, -0.25) is 4.79 Å². The van der Waals surface area contributed by atoms with Crippen LogP contribution in [0.3, 0.4) is 0 Å². The van der Waals surface area contributed by atoms with Gasteiger partial charge in [0.25, 0.3) is 10.0 Å². The van der Waals surface area contributed by atoms with Gasteiger partial charge in [0.2, 0.25) is 0 Å². The SMILES string of the molecule is Cc1nc(S(=O)(=O)NCCC(=O)OCc2csc(Nc3ccccc3)n2)cn1C. The number of nitrogens with one attached hydrogen (secondary N) is 2. The minimum atomic E-state index is -3.76. The van der Waals surface area contributed by atoms with Gasteiger partial charge in [0, 0.05) is 30.9 Å². The van der Waals surface area contributed by atoms with Gasteiger partial charge in [0.05, 0.1) is 12.1 Å². The van der Waals surface area contributed by atoms with Crippen molar-refractivity contribution in [2.45, 2.75) is 25.0 Å². The molecule has 3 rings (SSSR count). The minimum Gasteiger partial charge on any atom is -0.459 e. The van der Waals surface area contributed by atoms with E-state index in [9.17, 15) is 13.2 Å². The predicted molar refractivity (Wildman–Crippen MR) is 109 cm³/mol. The van der Waals surface area contributed by atoms with Gasteiger partial charge in [-0.15, -0.1) is 11.3 Å². The van der Waals surface area contributed by atoms with Crippen molar-refractivity contribution in [3.63, 3.8) is 0 Å². The van der Waals surface area contributed by atoms with Crippen LogP contribution in [-0.4, -0.2) is 35.5 Å². The molecule has 0 bridgehead atoms. The van der Waals surface area contributed by atoms with Gasteiger partial charge < -0.3 is 14.6 Å². The summed E-state index contributed by atoms with van der Waals surface area (Å²) in [5.41, 5.74) is 1.53. The topological polar surface area (TPSA) is 115 Å². The van der Waals surface area contributed by atoms with Crippen LogP contribution in [-0.2, 0) is 33.2 Å². The van der Waals surface area contributed by atoms with Crippen LogP contribution in [0.4, 0.5) is 10.8 Å². The fourth-order valence-corrected chi connectivity index (χ4v) is 4.10. The minimum absolute atomic E-state index is 0.0258. The number of nitrogens with zero attached hydrogens (tertiary/aromatic N) is 3. The Morgan fingerprint density at radius 1 is 1.24 bits per heavy atom. The summed E-state index contributed by atoms with van der Waals surface area (Å²) in [6, 6.07) is 9.61. The van der Waals surface area contributed by atoms with Crippen LogP contribution < -0.4 is 10.0 Å². The number of carbonyl (C=O) groups is 1. The highest BCUT2D eigenvalue weighted by Crippen LogP contribution is 2.21. The largest absolute Gasteiger partial charge is 0.459 e. The Hall–Kier alpha value is -2.76.